The second kappa shape index (κ2) is 8.84. The standard InChI is InChI=1S/C22H18ClF3N2O3S/c1-13-3-4-14(2)18(11-13)21(29)27-15-5-8-17(9-6-15)32(30,31)28-16-7-10-20(23)19(12-16)22(24,25)26/h3-12,28H,1-2H3,(H,27,29). The number of anilines is 2. The van der Waals surface area contributed by atoms with E-state index in [1.165, 1.54) is 24.3 Å². The molecule has 10 heteroatoms. The van der Waals surface area contributed by atoms with E-state index in [9.17, 15) is 26.4 Å². The number of sulfonamides is 1. The quantitative estimate of drug-likeness (QED) is 0.466. The van der Waals surface area contributed by atoms with Crippen molar-refractivity contribution in [1.29, 1.82) is 0 Å². The summed E-state index contributed by atoms with van der Waals surface area (Å²) in [5, 5.41) is 2.15. The van der Waals surface area contributed by atoms with E-state index in [2.05, 4.69) is 10.0 Å². The van der Waals surface area contributed by atoms with Gasteiger partial charge in [0.15, 0.2) is 0 Å². The Morgan fingerprint density at radius 2 is 1.53 bits per heavy atom. The monoisotopic (exact) mass is 482 g/mol. The lowest BCUT2D eigenvalue weighted by Crippen LogP contribution is -2.15. The van der Waals surface area contributed by atoms with E-state index in [-0.39, 0.29) is 16.5 Å². The minimum absolute atomic E-state index is 0.189. The number of hydrogen-bond acceptors (Lipinski definition) is 3. The second-order valence-corrected chi connectivity index (χ2v) is 9.18. The van der Waals surface area contributed by atoms with Crippen molar-refractivity contribution < 1.29 is 26.4 Å². The molecule has 0 aromatic heterocycles. The molecular formula is C22H18ClF3N2O3S. The van der Waals surface area contributed by atoms with Crippen LogP contribution in [0.2, 0.25) is 5.02 Å². The Kier molecular flexibility index (Phi) is 6.52. The van der Waals surface area contributed by atoms with Crippen molar-refractivity contribution >= 4 is 38.9 Å². The van der Waals surface area contributed by atoms with Gasteiger partial charge in [0.25, 0.3) is 15.9 Å². The first-order valence-electron chi connectivity index (χ1n) is 9.25. The van der Waals surface area contributed by atoms with E-state index in [1.54, 1.807) is 13.0 Å². The van der Waals surface area contributed by atoms with Crippen molar-refractivity contribution in [3.63, 3.8) is 0 Å². The van der Waals surface area contributed by atoms with Crippen molar-refractivity contribution in [2.24, 2.45) is 0 Å². The predicted molar refractivity (Wildman–Crippen MR) is 118 cm³/mol. The Bertz CT molecular complexity index is 1270. The van der Waals surface area contributed by atoms with Crippen LogP contribution in [0.15, 0.2) is 65.6 Å². The lowest BCUT2D eigenvalue weighted by Gasteiger charge is -2.13. The van der Waals surface area contributed by atoms with Crippen LogP contribution in [0.1, 0.15) is 27.0 Å². The smallest absolute Gasteiger partial charge is 0.322 e. The van der Waals surface area contributed by atoms with Gasteiger partial charge in [-0.25, -0.2) is 8.42 Å². The van der Waals surface area contributed by atoms with Crippen molar-refractivity contribution in [3.05, 3.63) is 87.9 Å². The molecule has 0 aliphatic carbocycles. The van der Waals surface area contributed by atoms with Gasteiger partial charge in [0.2, 0.25) is 0 Å². The maximum Gasteiger partial charge on any atom is 0.417 e. The Labute approximate surface area is 188 Å². The molecule has 3 aromatic rings. The first-order valence-corrected chi connectivity index (χ1v) is 11.1. The molecule has 0 fully saturated rings. The molecule has 1 amide bonds. The van der Waals surface area contributed by atoms with Crippen molar-refractivity contribution in [3.8, 4) is 0 Å². The van der Waals surface area contributed by atoms with E-state index in [4.69, 9.17) is 11.6 Å². The molecule has 5 nitrogen and oxygen atoms in total. The van der Waals surface area contributed by atoms with Gasteiger partial charge in [0.05, 0.1) is 15.5 Å². The van der Waals surface area contributed by atoms with E-state index in [0.717, 1.165) is 23.3 Å². The van der Waals surface area contributed by atoms with Gasteiger partial charge >= 0.3 is 6.18 Å². The van der Waals surface area contributed by atoms with Gasteiger partial charge in [-0.2, -0.15) is 13.2 Å². The number of aryl methyl sites for hydroxylation is 2. The molecule has 0 aliphatic rings. The Morgan fingerprint density at radius 1 is 0.906 bits per heavy atom. The summed E-state index contributed by atoms with van der Waals surface area (Å²) in [6.07, 6.45) is -4.73. The highest BCUT2D eigenvalue weighted by Gasteiger charge is 2.33. The third-order valence-corrected chi connectivity index (χ3v) is 6.31. The molecule has 32 heavy (non-hydrogen) atoms. The number of carbonyl (C=O) groups is 1. The van der Waals surface area contributed by atoms with Crippen molar-refractivity contribution in [2.75, 3.05) is 10.0 Å². The largest absolute Gasteiger partial charge is 0.417 e. The van der Waals surface area contributed by atoms with Crippen LogP contribution in [-0.2, 0) is 16.2 Å². The summed E-state index contributed by atoms with van der Waals surface area (Å²) < 4.78 is 66.3. The van der Waals surface area contributed by atoms with Crippen molar-refractivity contribution in [2.45, 2.75) is 24.9 Å². The summed E-state index contributed by atoms with van der Waals surface area (Å²) >= 11 is 5.56. The Balaban J connectivity index is 1.78. The number of benzene rings is 3. The highest BCUT2D eigenvalue weighted by Crippen LogP contribution is 2.36. The molecule has 0 aliphatic heterocycles. The van der Waals surface area contributed by atoms with E-state index < -0.39 is 26.8 Å². The zero-order valence-electron chi connectivity index (χ0n) is 16.9. The van der Waals surface area contributed by atoms with Crippen LogP contribution >= 0.6 is 11.6 Å². The molecule has 3 rings (SSSR count). The lowest BCUT2D eigenvalue weighted by atomic mass is 10.1. The SMILES string of the molecule is Cc1ccc(C)c(C(=O)Nc2ccc(S(=O)(=O)Nc3ccc(Cl)c(C(F)(F)F)c3)cc2)c1. The minimum atomic E-state index is -4.73. The maximum absolute atomic E-state index is 13.0. The molecule has 0 unspecified atom stereocenters. The summed E-state index contributed by atoms with van der Waals surface area (Å²) in [4.78, 5) is 12.3. The molecule has 0 heterocycles. The third-order valence-electron chi connectivity index (χ3n) is 4.58. The van der Waals surface area contributed by atoms with E-state index >= 15 is 0 Å². The fourth-order valence-electron chi connectivity index (χ4n) is 2.92. The number of nitrogens with one attached hydrogen (secondary N) is 2. The first-order chi connectivity index (χ1) is 14.9. The first kappa shape index (κ1) is 23.6. The molecule has 2 N–H and O–H groups in total. The van der Waals surface area contributed by atoms with Gasteiger partial charge in [-0.3, -0.25) is 9.52 Å². The number of rotatable bonds is 5. The Morgan fingerprint density at radius 3 is 2.16 bits per heavy atom. The topological polar surface area (TPSA) is 75.3 Å². The van der Waals surface area contributed by atoms with Crippen LogP contribution in [0.3, 0.4) is 0 Å². The highest BCUT2D eigenvalue weighted by molar-refractivity contribution is 7.92. The number of hydrogen-bond donors (Lipinski definition) is 2. The summed E-state index contributed by atoms with van der Waals surface area (Å²) in [6, 6.07) is 13.4. The van der Waals surface area contributed by atoms with Crippen LogP contribution < -0.4 is 10.0 Å². The molecule has 0 radical (unpaired) electrons. The molecule has 0 spiro atoms. The van der Waals surface area contributed by atoms with Crippen LogP contribution in [-0.4, -0.2) is 14.3 Å². The van der Waals surface area contributed by atoms with Gasteiger partial charge in [-0.15, -0.1) is 0 Å². The van der Waals surface area contributed by atoms with E-state index in [1.807, 2.05) is 19.1 Å². The minimum Gasteiger partial charge on any atom is -0.322 e. The predicted octanol–water partition coefficient (Wildman–Crippen LogP) is 6.03. The fraction of sp³-hybridized carbons (Fsp3) is 0.136. The third kappa shape index (κ3) is 5.41. The summed E-state index contributed by atoms with van der Waals surface area (Å²) in [5.74, 6) is -0.347. The number of carbonyl (C=O) groups excluding carboxylic acids is 1. The number of amides is 1. The molecule has 0 atom stereocenters. The van der Waals surface area contributed by atoms with Crippen LogP contribution in [0.25, 0.3) is 0 Å². The maximum atomic E-state index is 13.0. The number of halogens is 4. The van der Waals surface area contributed by atoms with Gasteiger partial charge < -0.3 is 5.32 Å². The molecule has 0 bridgehead atoms. The van der Waals surface area contributed by atoms with Crippen molar-refractivity contribution in [1.82, 2.24) is 0 Å². The lowest BCUT2D eigenvalue weighted by molar-refractivity contribution is -0.137. The van der Waals surface area contributed by atoms with Crippen LogP contribution in [0.5, 0.6) is 0 Å². The second-order valence-electron chi connectivity index (χ2n) is 7.09. The molecule has 0 saturated carbocycles. The zero-order chi connectivity index (χ0) is 23.7. The number of alkyl halides is 3. The zero-order valence-corrected chi connectivity index (χ0v) is 18.5. The van der Waals surface area contributed by atoms with Gasteiger partial charge in [0.1, 0.15) is 0 Å². The average Bonchev–Trinajstić information content (AvgIpc) is 2.70. The van der Waals surface area contributed by atoms with E-state index in [0.29, 0.717) is 17.3 Å². The molecule has 0 saturated heterocycles. The average molecular weight is 483 g/mol. The van der Waals surface area contributed by atoms with Gasteiger partial charge in [0, 0.05) is 16.9 Å². The Hall–Kier alpha value is -3.04. The molecular weight excluding hydrogens is 465 g/mol. The highest BCUT2D eigenvalue weighted by atomic mass is 35.5. The summed E-state index contributed by atoms with van der Waals surface area (Å²) in [5.41, 5.74) is 1.13. The molecule has 168 valence electrons. The normalized spacial score (nSPS) is 11.8. The summed E-state index contributed by atoms with van der Waals surface area (Å²) in [6.45, 7) is 3.66. The van der Waals surface area contributed by atoms with Gasteiger partial charge in [-0.05, 0) is 67.9 Å². The van der Waals surface area contributed by atoms with Crippen LogP contribution in [0.4, 0.5) is 24.5 Å². The van der Waals surface area contributed by atoms with Gasteiger partial charge in [-0.1, -0.05) is 29.3 Å². The molecule has 3 aromatic carbocycles. The van der Waals surface area contributed by atoms with Crippen LogP contribution in [0, 0.1) is 13.8 Å². The fourth-order valence-corrected chi connectivity index (χ4v) is 4.19. The summed E-state index contributed by atoms with van der Waals surface area (Å²) in [7, 11) is -4.17.